The van der Waals surface area contributed by atoms with Crippen molar-refractivity contribution in [2.75, 3.05) is 6.54 Å². The van der Waals surface area contributed by atoms with E-state index < -0.39 is 5.97 Å². The summed E-state index contributed by atoms with van der Waals surface area (Å²) >= 11 is 0. The summed E-state index contributed by atoms with van der Waals surface area (Å²) in [5.41, 5.74) is 5.14. The smallest absolute Gasteiger partial charge is 0.303 e. The molecule has 85 valence electrons. The van der Waals surface area contributed by atoms with Crippen LogP contribution in [0, 0.1) is 0 Å². The van der Waals surface area contributed by atoms with Crippen LogP contribution in [0.3, 0.4) is 0 Å². The second kappa shape index (κ2) is 18.1. The van der Waals surface area contributed by atoms with Crippen molar-refractivity contribution in [3.8, 4) is 0 Å². The molecule has 1 radical (unpaired) electrons. The van der Waals surface area contributed by atoms with Crippen LogP contribution in [-0.4, -0.2) is 17.6 Å². The molecule has 0 saturated carbocycles. The van der Waals surface area contributed by atoms with Crippen LogP contribution in [0.5, 0.6) is 0 Å². The maximum atomic E-state index is 9.76. The van der Waals surface area contributed by atoms with Crippen molar-refractivity contribution in [2.45, 2.75) is 46.0 Å². The van der Waals surface area contributed by atoms with Gasteiger partial charge in [-0.25, -0.2) is 0 Å². The fourth-order valence-electron chi connectivity index (χ4n) is 0.532. The van der Waals surface area contributed by atoms with Gasteiger partial charge in [-0.2, -0.15) is 0 Å². The first-order valence-electron chi connectivity index (χ1n) is 4.60. The Bertz CT molecular complexity index is 97.6. The number of hydrogen-bond donors (Lipinski definition) is 2. The molecule has 0 aromatic heterocycles. The third-order valence-corrected chi connectivity index (χ3v) is 1.30. The molecular weight excluding hydrogens is 262 g/mol. The zero-order valence-electron chi connectivity index (χ0n) is 8.48. The molecule has 0 atom stereocenters. The van der Waals surface area contributed by atoms with Crippen LogP contribution in [0.2, 0.25) is 0 Å². The van der Waals surface area contributed by atoms with Crippen LogP contribution in [0.1, 0.15) is 46.0 Å². The minimum Gasteiger partial charge on any atom is -0.481 e. The van der Waals surface area contributed by atoms with Crippen molar-refractivity contribution in [1.82, 2.24) is 0 Å². The summed E-state index contributed by atoms with van der Waals surface area (Å²) in [5, 5.41) is 8.04. The van der Waals surface area contributed by atoms with Gasteiger partial charge < -0.3 is 10.8 Å². The predicted molar refractivity (Wildman–Crippen MR) is 51.1 cm³/mol. The van der Waals surface area contributed by atoms with Crippen LogP contribution in [0.4, 0.5) is 0 Å². The molecule has 0 aromatic carbocycles. The summed E-state index contributed by atoms with van der Waals surface area (Å²) in [7, 11) is 0. The molecule has 3 N–H and O–H groups in total. The second-order valence-corrected chi connectivity index (χ2v) is 2.64. The molecule has 0 heterocycles. The molecule has 0 aliphatic rings. The van der Waals surface area contributed by atoms with E-state index in [9.17, 15) is 4.79 Å². The number of carbonyl (C=O) groups is 1. The van der Waals surface area contributed by atoms with Gasteiger partial charge in [0.05, 0.1) is 0 Å². The molecule has 0 saturated heterocycles. The third kappa shape index (κ3) is 33.1. The van der Waals surface area contributed by atoms with Gasteiger partial charge in [-0.1, -0.05) is 26.7 Å². The fraction of sp³-hybridized carbons (Fsp3) is 0.889. The maximum absolute atomic E-state index is 9.76. The van der Waals surface area contributed by atoms with Crippen LogP contribution >= 0.6 is 0 Å². The second-order valence-electron chi connectivity index (χ2n) is 2.64. The first kappa shape index (κ1) is 18.9. The monoisotopic (exact) mass is 282 g/mol. The number of carboxylic acid groups (broad SMARTS) is 1. The Kier molecular flexibility index (Phi) is 26.2. The van der Waals surface area contributed by atoms with Crippen LogP contribution in [0.15, 0.2) is 0 Å². The Balaban J connectivity index is -0.000000150. The van der Waals surface area contributed by atoms with Crippen LogP contribution < -0.4 is 5.73 Å². The van der Waals surface area contributed by atoms with E-state index in [-0.39, 0.29) is 22.4 Å². The molecule has 0 unspecified atom stereocenters. The number of aliphatic carboxylic acids is 1. The fourth-order valence-corrected chi connectivity index (χ4v) is 0.532. The number of nitrogens with two attached hydrogens (primary N) is 1. The molecule has 0 aromatic rings. The first-order chi connectivity index (χ1) is 5.68. The molecule has 0 aliphatic carbocycles. The normalized spacial score (nSPS) is 7.92. The zero-order valence-corrected chi connectivity index (χ0v) is 9.96. The van der Waals surface area contributed by atoms with E-state index in [0.717, 1.165) is 19.4 Å². The Morgan fingerprint density at radius 1 is 1.23 bits per heavy atom. The summed E-state index contributed by atoms with van der Waals surface area (Å²) in [6.45, 7) is 4.95. The Hall–Kier alpha value is 0.170. The summed E-state index contributed by atoms with van der Waals surface area (Å²) in [6.07, 6.45) is 4.47. The van der Waals surface area contributed by atoms with Gasteiger partial charge in [0.25, 0.3) is 0 Å². The van der Waals surface area contributed by atoms with Crippen molar-refractivity contribution < 1.29 is 32.3 Å². The van der Waals surface area contributed by atoms with Crippen molar-refractivity contribution in [2.24, 2.45) is 5.73 Å². The summed E-state index contributed by atoms with van der Waals surface area (Å²) in [6, 6.07) is 0. The third-order valence-electron chi connectivity index (χ3n) is 1.30. The summed E-state index contributed by atoms with van der Waals surface area (Å²) in [5.74, 6) is -0.693. The van der Waals surface area contributed by atoms with Crippen LogP contribution in [-0.2, 0) is 27.2 Å². The molecule has 0 aliphatic heterocycles. The van der Waals surface area contributed by atoms with Crippen molar-refractivity contribution >= 4 is 5.97 Å². The summed E-state index contributed by atoms with van der Waals surface area (Å²) in [4.78, 5) is 9.76. The minimum atomic E-state index is -0.693. The minimum absolute atomic E-state index is 0. The molecule has 0 spiro atoms. The average Bonchev–Trinajstić information content (AvgIpc) is 2.03. The number of hydrogen-bond acceptors (Lipinski definition) is 2. The Labute approximate surface area is 96.6 Å². The molecule has 0 fully saturated rings. The van der Waals surface area contributed by atoms with Gasteiger partial charge in [-0.05, 0) is 19.4 Å². The molecule has 4 heteroatoms. The number of rotatable bonds is 5. The molecule has 0 rings (SSSR count). The van der Waals surface area contributed by atoms with E-state index in [1.807, 2.05) is 6.92 Å². The molecule has 0 bridgehead atoms. The van der Waals surface area contributed by atoms with E-state index in [0.29, 0.717) is 6.42 Å². The molecule has 3 nitrogen and oxygen atoms in total. The SMILES string of the molecule is CCCCC(=O)O.CCCCN.[Ag]. The van der Waals surface area contributed by atoms with E-state index in [1.54, 1.807) is 0 Å². The Morgan fingerprint density at radius 3 is 1.77 bits per heavy atom. The first-order valence-corrected chi connectivity index (χ1v) is 4.60. The predicted octanol–water partition coefficient (Wildman–Crippen LogP) is 2.00. The van der Waals surface area contributed by atoms with Gasteiger partial charge in [0.15, 0.2) is 0 Å². The van der Waals surface area contributed by atoms with Gasteiger partial charge >= 0.3 is 5.97 Å². The number of unbranched alkanes of at least 4 members (excludes halogenated alkanes) is 2. The summed E-state index contributed by atoms with van der Waals surface area (Å²) < 4.78 is 0. The van der Waals surface area contributed by atoms with Crippen LogP contribution in [0.25, 0.3) is 0 Å². The van der Waals surface area contributed by atoms with Gasteiger partial charge in [0.2, 0.25) is 0 Å². The quantitative estimate of drug-likeness (QED) is 0.759. The molecular formula is C9H21AgNO2. The van der Waals surface area contributed by atoms with E-state index in [1.165, 1.54) is 12.8 Å². The largest absolute Gasteiger partial charge is 0.481 e. The molecule has 13 heavy (non-hydrogen) atoms. The van der Waals surface area contributed by atoms with Crippen molar-refractivity contribution in [1.29, 1.82) is 0 Å². The van der Waals surface area contributed by atoms with Crippen molar-refractivity contribution in [3.63, 3.8) is 0 Å². The topological polar surface area (TPSA) is 63.3 Å². The Morgan fingerprint density at radius 2 is 1.69 bits per heavy atom. The van der Waals surface area contributed by atoms with E-state index in [4.69, 9.17) is 10.8 Å². The van der Waals surface area contributed by atoms with Gasteiger partial charge in [-0.3, -0.25) is 4.79 Å². The number of carboxylic acids is 1. The van der Waals surface area contributed by atoms with Crippen molar-refractivity contribution in [3.05, 3.63) is 0 Å². The average molecular weight is 283 g/mol. The maximum Gasteiger partial charge on any atom is 0.303 e. The van der Waals surface area contributed by atoms with E-state index in [2.05, 4.69) is 6.92 Å². The zero-order chi connectivity index (χ0) is 9.82. The van der Waals surface area contributed by atoms with Gasteiger partial charge in [-0.15, -0.1) is 0 Å². The molecule has 0 amide bonds. The van der Waals surface area contributed by atoms with Gasteiger partial charge in [0.1, 0.15) is 0 Å². The van der Waals surface area contributed by atoms with E-state index >= 15 is 0 Å². The standard InChI is InChI=1S/C5H10O2.C4H11N.Ag/c1-2-3-4-5(6)7;1-2-3-4-5;/h2-4H2,1H3,(H,6,7);2-5H2,1H3;. The van der Waals surface area contributed by atoms with Gasteiger partial charge in [0, 0.05) is 28.8 Å².